The first kappa shape index (κ1) is 17.0. The number of aliphatic hydroxyl groups excluding tert-OH is 1. The molecule has 0 atom stereocenters. The van der Waals surface area contributed by atoms with Crippen LogP contribution < -0.4 is 10.1 Å². The van der Waals surface area contributed by atoms with E-state index in [1.807, 2.05) is 57.2 Å². The third kappa shape index (κ3) is 7.99. The number of benzene rings is 1. The summed E-state index contributed by atoms with van der Waals surface area (Å²) in [5.74, 6) is 0.700. The van der Waals surface area contributed by atoms with Gasteiger partial charge in [-0.3, -0.25) is 0 Å². The average Bonchev–Trinajstić information content (AvgIpc) is 2.40. The molecule has 0 heterocycles. The maximum absolute atomic E-state index is 11.4. The first-order chi connectivity index (χ1) is 9.90. The standard InChI is InChI=1S/C16H23NO4/c1-16(2,3)21-15(19)17-9-5-7-13-6-4-8-14(12-13)20-11-10-18/h4-8,12,18H,9-11H2,1-3H3,(H,17,19). The predicted octanol–water partition coefficient (Wildman–Crippen LogP) is 2.60. The molecule has 2 N–H and O–H groups in total. The van der Waals surface area contributed by atoms with Gasteiger partial charge in [0.1, 0.15) is 18.0 Å². The lowest BCUT2D eigenvalue weighted by atomic mass is 10.2. The third-order valence-corrected chi connectivity index (χ3v) is 2.29. The van der Waals surface area contributed by atoms with Crippen LogP contribution in [-0.2, 0) is 4.74 Å². The third-order valence-electron chi connectivity index (χ3n) is 2.29. The predicted molar refractivity (Wildman–Crippen MR) is 82.3 cm³/mol. The van der Waals surface area contributed by atoms with Gasteiger partial charge in [0.15, 0.2) is 0 Å². The van der Waals surface area contributed by atoms with E-state index in [1.165, 1.54) is 0 Å². The molecule has 0 fully saturated rings. The lowest BCUT2D eigenvalue weighted by molar-refractivity contribution is 0.0534. The quantitative estimate of drug-likeness (QED) is 0.846. The maximum Gasteiger partial charge on any atom is 0.407 e. The van der Waals surface area contributed by atoms with E-state index in [0.717, 1.165) is 5.56 Å². The number of hydrogen-bond donors (Lipinski definition) is 2. The molecule has 0 aromatic heterocycles. The molecule has 0 spiro atoms. The first-order valence-electron chi connectivity index (χ1n) is 6.88. The van der Waals surface area contributed by atoms with Gasteiger partial charge in [0.05, 0.1) is 6.61 Å². The van der Waals surface area contributed by atoms with E-state index in [4.69, 9.17) is 14.6 Å². The summed E-state index contributed by atoms with van der Waals surface area (Å²) in [5.41, 5.74) is 0.461. The van der Waals surface area contributed by atoms with E-state index < -0.39 is 11.7 Å². The summed E-state index contributed by atoms with van der Waals surface area (Å²) in [5, 5.41) is 11.4. The van der Waals surface area contributed by atoms with E-state index >= 15 is 0 Å². The molecule has 1 rings (SSSR count). The van der Waals surface area contributed by atoms with Gasteiger partial charge >= 0.3 is 6.09 Å². The van der Waals surface area contributed by atoms with Crippen LogP contribution in [0.2, 0.25) is 0 Å². The molecule has 5 nitrogen and oxygen atoms in total. The number of hydrogen-bond acceptors (Lipinski definition) is 4. The zero-order chi connectivity index (χ0) is 15.7. The number of alkyl carbamates (subject to hydrolysis) is 1. The highest BCUT2D eigenvalue weighted by Crippen LogP contribution is 2.14. The largest absolute Gasteiger partial charge is 0.491 e. The van der Waals surface area contributed by atoms with E-state index in [0.29, 0.717) is 12.3 Å². The molecular weight excluding hydrogens is 270 g/mol. The zero-order valence-electron chi connectivity index (χ0n) is 12.8. The van der Waals surface area contributed by atoms with Crippen molar-refractivity contribution in [2.75, 3.05) is 19.8 Å². The van der Waals surface area contributed by atoms with E-state index in [-0.39, 0.29) is 13.2 Å². The number of carbonyl (C=O) groups excluding carboxylic acids is 1. The molecule has 0 saturated heterocycles. The van der Waals surface area contributed by atoms with Crippen molar-refractivity contribution in [3.63, 3.8) is 0 Å². The monoisotopic (exact) mass is 293 g/mol. The normalized spacial score (nSPS) is 11.4. The second-order valence-electron chi connectivity index (χ2n) is 5.43. The van der Waals surface area contributed by atoms with Crippen LogP contribution in [0.5, 0.6) is 5.75 Å². The number of nitrogens with one attached hydrogen (secondary N) is 1. The van der Waals surface area contributed by atoms with Gasteiger partial charge in [-0.05, 0) is 38.5 Å². The summed E-state index contributed by atoms with van der Waals surface area (Å²) in [6.45, 7) is 6.10. The Morgan fingerprint density at radius 2 is 2.14 bits per heavy atom. The van der Waals surface area contributed by atoms with Crippen LogP contribution in [0.4, 0.5) is 4.79 Å². The molecule has 0 aliphatic heterocycles. The van der Waals surface area contributed by atoms with Crippen LogP contribution in [0, 0.1) is 0 Å². The summed E-state index contributed by atoms with van der Waals surface area (Å²) >= 11 is 0. The molecule has 5 heteroatoms. The average molecular weight is 293 g/mol. The fourth-order valence-electron chi connectivity index (χ4n) is 1.52. The lowest BCUT2D eigenvalue weighted by Crippen LogP contribution is -2.32. The van der Waals surface area contributed by atoms with Crippen molar-refractivity contribution in [1.82, 2.24) is 5.32 Å². The highest BCUT2D eigenvalue weighted by molar-refractivity contribution is 5.68. The SMILES string of the molecule is CC(C)(C)OC(=O)NCC=Cc1cccc(OCCO)c1. The molecular formula is C16H23NO4. The van der Waals surface area contributed by atoms with Crippen molar-refractivity contribution < 1.29 is 19.4 Å². The molecule has 0 aliphatic carbocycles. The molecule has 0 radical (unpaired) electrons. The van der Waals surface area contributed by atoms with Gasteiger partial charge in [0.2, 0.25) is 0 Å². The Kier molecular flexibility index (Phi) is 6.75. The number of ether oxygens (including phenoxy) is 2. The summed E-state index contributed by atoms with van der Waals surface area (Å²) < 4.78 is 10.4. The first-order valence-corrected chi connectivity index (χ1v) is 6.88. The van der Waals surface area contributed by atoms with Gasteiger partial charge in [-0.25, -0.2) is 4.79 Å². The van der Waals surface area contributed by atoms with Gasteiger partial charge in [0.25, 0.3) is 0 Å². The number of carbonyl (C=O) groups is 1. The Labute approximate surface area is 125 Å². The summed E-state index contributed by atoms with van der Waals surface area (Å²) in [6, 6.07) is 7.48. The second-order valence-corrected chi connectivity index (χ2v) is 5.43. The Bertz CT molecular complexity index is 477. The Balaban J connectivity index is 2.41. The molecule has 0 saturated carbocycles. The maximum atomic E-state index is 11.4. The van der Waals surface area contributed by atoms with Gasteiger partial charge in [-0.1, -0.05) is 24.3 Å². The Morgan fingerprint density at radius 1 is 1.38 bits per heavy atom. The van der Waals surface area contributed by atoms with E-state index in [2.05, 4.69) is 5.32 Å². The van der Waals surface area contributed by atoms with Crippen molar-refractivity contribution in [2.24, 2.45) is 0 Å². The summed E-state index contributed by atoms with van der Waals surface area (Å²) in [4.78, 5) is 11.4. The van der Waals surface area contributed by atoms with Crippen LogP contribution >= 0.6 is 0 Å². The molecule has 116 valence electrons. The minimum Gasteiger partial charge on any atom is -0.491 e. The molecule has 0 bridgehead atoms. The van der Waals surface area contributed by atoms with Crippen LogP contribution in [0.25, 0.3) is 6.08 Å². The second kappa shape index (κ2) is 8.32. The van der Waals surface area contributed by atoms with Crippen molar-refractivity contribution in [1.29, 1.82) is 0 Å². The van der Waals surface area contributed by atoms with Crippen LogP contribution in [0.15, 0.2) is 30.3 Å². The van der Waals surface area contributed by atoms with E-state index in [1.54, 1.807) is 0 Å². The summed E-state index contributed by atoms with van der Waals surface area (Å²) in [7, 11) is 0. The number of aliphatic hydroxyl groups is 1. The minimum absolute atomic E-state index is 0.0140. The minimum atomic E-state index is -0.494. The number of rotatable bonds is 6. The van der Waals surface area contributed by atoms with Crippen LogP contribution in [0.1, 0.15) is 26.3 Å². The molecule has 1 aromatic rings. The Hall–Kier alpha value is -2.01. The molecule has 1 amide bonds. The zero-order valence-corrected chi connectivity index (χ0v) is 12.8. The highest BCUT2D eigenvalue weighted by Gasteiger charge is 2.14. The lowest BCUT2D eigenvalue weighted by Gasteiger charge is -2.19. The fourth-order valence-corrected chi connectivity index (χ4v) is 1.52. The van der Waals surface area contributed by atoms with E-state index in [9.17, 15) is 4.79 Å². The van der Waals surface area contributed by atoms with Crippen molar-refractivity contribution in [2.45, 2.75) is 26.4 Å². The van der Waals surface area contributed by atoms with Crippen LogP contribution in [-0.4, -0.2) is 36.6 Å². The topological polar surface area (TPSA) is 67.8 Å². The molecule has 0 aliphatic rings. The highest BCUT2D eigenvalue weighted by atomic mass is 16.6. The van der Waals surface area contributed by atoms with Crippen molar-refractivity contribution in [3.05, 3.63) is 35.9 Å². The molecule has 0 unspecified atom stereocenters. The van der Waals surface area contributed by atoms with Crippen molar-refractivity contribution >= 4 is 12.2 Å². The van der Waals surface area contributed by atoms with Crippen molar-refractivity contribution in [3.8, 4) is 5.75 Å². The van der Waals surface area contributed by atoms with Gasteiger partial charge in [0, 0.05) is 6.54 Å². The Morgan fingerprint density at radius 3 is 2.81 bits per heavy atom. The van der Waals surface area contributed by atoms with Gasteiger partial charge < -0.3 is 19.9 Å². The number of amides is 1. The van der Waals surface area contributed by atoms with Crippen LogP contribution in [0.3, 0.4) is 0 Å². The molecule has 1 aromatic carbocycles. The van der Waals surface area contributed by atoms with Gasteiger partial charge in [-0.2, -0.15) is 0 Å². The molecule has 21 heavy (non-hydrogen) atoms. The summed E-state index contributed by atoms with van der Waals surface area (Å²) in [6.07, 6.45) is 3.27. The fraction of sp³-hybridized carbons (Fsp3) is 0.438. The smallest absolute Gasteiger partial charge is 0.407 e. The van der Waals surface area contributed by atoms with Gasteiger partial charge in [-0.15, -0.1) is 0 Å².